The van der Waals surface area contributed by atoms with E-state index in [1.165, 1.54) is 13.8 Å². The van der Waals surface area contributed by atoms with Crippen LogP contribution in [0.3, 0.4) is 0 Å². The van der Waals surface area contributed by atoms with E-state index in [4.69, 9.17) is 0 Å². The van der Waals surface area contributed by atoms with E-state index in [1.807, 2.05) is 0 Å². The smallest absolute Gasteiger partial charge is 0.293 e. The zero-order valence-electron chi connectivity index (χ0n) is 7.57. The van der Waals surface area contributed by atoms with Gasteiger partial charge in [-0.15, -0.1) is 0 Å². The van der Waals surface area contributed by atoms with E-state index in [2.05, 4.69) is 4.99 Å². The fourth-order valence-corrected chi connectivity index (χ4v) is 0.358. The van der Waals surface area contributed by atoms with Crippen LogP contribution in [0.15, 0.2) is 16.8 Å². The summed E-state index contributed by atoms with van der Waals surface area (Å²) in [6.45, 7) is 3.51. The first kappa shape index (κ1) is 11.9. The number of hydrogen-bond acceptors (Lipinski definition) is 2. The van der Waals surface area contributed by atoms with Gasteiger partial charge in [-0.3, -0.25) is 9.79 Å². The van der Waals surface area contributed by atoms with Crippen molar-refractivity contribution >= 4 is 11.5 Å². The molecule has 0 bridgehead atoms. The summed E-state index contributed by atoms with van der Waals surface area (Å²) in [4.78, 5) is 13.9. The van der Waals surface area contributed by atoms with Crippen molar-refractivity contribution in [3.63, 3.8) is 0 Å². The molecule has 0 saturated carbocycles. The van der Waals surface area contributed by atoms with Crippen LogP contribution in [-0.2, 0) is 4.79 Å². The van der Waals surface area contributed by atoms with Crippen LogP contribution in [-0.4, -0.2) is 17.7 Å². The van der Waals surface area contributed by atoms with Gasteiger partial charge in [0.2, 0.25) is 0 Å². The Kier molecular flexibility index (Phi) is 3.84. The number of hydrogen-bond donors (Lipinski definition) is 0. The summed E-state index contributed by atoms with van der Waals surface area (Å²) in [5, 5.41) is 0. The molecule has 2 nitrogen and oxygen atoms in total. The molecule has 0 aliphatic carbocycles. The largest absolute Gasteiger partial charge is 0.413 e. The molecular weight excluding hydrogens is 183 g/mol. The molecule has 0 saturated heterocycles. The summed E-state index contributed by atoms with van der Waals surface area (Å²) in [5.41, 5.74) is -0.767. The maximum atomic E-state index is 11.9. The summed E-state index contributed by atoms with van der Waals surface area (Å²) < 4.78 is 35.6. The Morgan fingerprint density at radius 1 is 1.23 bits per heavy atom. The lowest BCUT2D eigenvalue weighted by Crippen LogP contribution is -2.09. The molecule has 0 aliphatic rings. The highest BCUT2D eigenvalue weighted by Crippen LogP contribution is 2.24. The third-order valence-corrected chi connectivity index (χ3v) is 1.41. The molecule has 0 spiro atoms. The van der Waals surface area contributed by atoms with Gasteiger partial charge in [-0.25, -0.2) is 0 Å². The topological polar surface area (TPSA) is 29.4 Å². The predicted octanol–water partition coefficient (Wildman–Crippen LogP) is 2.50. The van der Waals surface area contributed by atoms with Crippen LogP contribution >= 0.6 is 0 Å². The van der Waals surface area contributed by atoms with E-state index in [1.54, 1.807) is 0 Å². The van der Waals surface area contributed by atoms with Gasteiger partial charge in [-0.1, -0.05) is 0 Å². The van der Waals surface area contributed by atoms with Gasteiger partial charge in [0.25, 0.3) is 0 Å². The Bertz CT molecular complexity index is 263. The van der Waals surface area contributed by atoms with E-state index < -0.39 is 11.7 Å². The minimum Gasteiger partial charge on any atom is -0.293 e. The predicted molar refractivity (Wildman–Crippen MR) is 43.6 cm³/mol. The van der Waals surface area contributed by atoms with E-state index >= 15 is 0 Å². The van der Waals surface area contributed by atoms with Crippen LogP contribution in [0.2, 0.25) is 0 Å². The molecule has 0 aromatic carbocycles. The van der Waals surface area contributed by atoms with Gasteiger partial charge in [-0.05, 0) is 13.8 Å². The molecule has 0 heterocycles. The zero-order chi connectivity index (χ0) is 10.6. The highest BCUT2D eigenvalue weighted by Gasteiger charge is 2.29. The summed E-state index contributed by atoms with van der Waals surface area (Å²) in [6, 6.07) is 0. The second kappa shape index (κ2) is 4.20. The van der Waals surface area contributed by atoms with Gasteiger partial charge in [-0.2, -0.15) is 13.2 Å². The van der Waals surface area contributed by atoms with E-state index in [-0.39, 0.29) is 11.5 Å². The number of halogens is 3. The second-order valence-corrected chi connectivity index (χ2v) is 2.58. The van der Waals surface area contributed by atoms with Gasteiger partial charge in [0.15, 0.2) is 5.78 Å². The first-order valence-electron chi connectivity index (χ1n) is 3.54. The number of aliphatic imine (C=N–C) groups is 1. The average molecular weight is 193 g/mol. The van der Waals surface area contributed by atoms with E-state index in [9.17, 15) is 18.0 Å². The summed E-state index contributed by atoms with van der Waals surface area (Å²) >= 11 is 0. The fourth-order valence-electron chi connectivity index (χ4n) is 0.358. The number of carbonyl (C=O) groups excluding carboxylic acids is 1. The number of Topliss-reactive ketones (excluding diaryl/α,β-unsaturated/α-hetero) is 1. The molecule has 0 fully saturated rings. The zero-order valence-corrected chi connectivity index (χ0v) is 7.57. The van der Waals surface area contributed by atoms with Crippen molar-refractivity contribution in [3.8, 4) is 0 Å². The summed E-state index contributed by atoms with van der Waals surface area (Å²) in [7, 11) is 0. The van der Waals surface area contributed by atoms with Crippen molar-refractivity contribution in [1.29, 1.82) is 0 Å². The van der Waals surface area contributed by atoms with Crippen molar-refractivity contribution in [2.75, 3.05) is 0 Å². The standard InChI is InChI=1S/C8H10F3NO/c1-5(8(9,10)11)4-12-6(2)7(3)13/h4H,1-3H3/b5-4+,12-6+. The summed E-state index contributed by atoms with van der Waals surface area (Å²) in [5.74, 6) is -0.341. The Balaban J connectivity index is 4.61. The number of ketones is 1. The van der Waals surface area contributed by atoms with Crippen molar-refractivity contribution in [3.05, 3.63) is 11.8 Å². The fraction of sp³-hybridized carbons (Fsp3) is 0.500. The van der Waals surface area contributed by atoms with Crippen LogP contribution in [0.25, 0.3) is 0 Å². The van der Waals surface area contributed by atoms with Crippen LogP contribution in [0.5, 0.6) is 0 Å². The highest BCUT2D eigenvalue weighted by molar-refractivity contribution is 6.38. The SMILES string of the molecule is CC(=O)/C(C)=N/C=C(\C)C(F)(F)F. The Morgan fingerprint density at radius 2 is 1.69 bits per heavy atom. The lowest BCUT2D eigenvalue weighted by Gasteiger charge is -2.03. The molecule has 0 aromatic rings. The minimum absolute atomic E-state index is 0.0589. The molecule has 0 amide bonds. The number of alkyl halides is 3. The minimum atomic E-state index is -4.37. The van der Waals surface area contributed by atoms with Crippen LogP contribution in [0.1, 0.15) is 20.8 Å². The Labute approximate surface area is 74.2 Å². The molecule has 0 aliphatic heterocycles. The van der Waals surface area contributed by atoms with Gasteiger partial charge < -0.3 is 0 Å². The van der Waals surface area contributed by atoms with Crippen molar-refractivity contribution in [2.24, 2.45) is 4.99 Å². The molecule has 0 N–H and O–H groups in total. The van der Waals surface area contributed by atoms with Crippen LogP contribution in [0.4, 0.5) is 13.2 Å². The maximum absolute atomic E-state index is 11.9. The third kappa shape index (κ3) is 4.45. The Hall–Kier alpha value is -1.13. The highest BCUT2D eigenvalue weighted by atomic mass is 19.4. The lowest BCUT2D eigenvalue weighted by atomic mass is 10.3. The quantitative estimate of drug-likeness (QED) is 0.619. The number of rotatable bonds is 2. The van der Waals surface area contributed by atoms with Crippen LogP contribution < -0.4 is 0 Å². The van der Waals surface area contributed by atoms with Crippen molar-refractivity contribution < 1.29 is 18.0 Å². The molecule has 5 heteroatoms. The lowest BCUT2D eigenvalue weighted by molar-refractivity contribution is -0.111. The second-order valence-electron chi connectivity index (χ2n) is 2.58. The molecule has 0 radical (unpaired) electrons. The average Bonchev–Trinajstić information content (AvgIpc) is 1.97. The van der Waals surface area contributed by atoms with Crippen LogP contribution in [0, 0.1) is 0 Å². The van der Waals surface area contributed by atoms with Gasteiger partial charge in [0.1, 0.15) is 0 Å². The number of allylic oxidation sites excluding steroid dienone is 1. The van der Waals surface area contributed by atoms with Crippen molar-refractivity contribution in [2.45, 2.75) is 26.9 Å². The van der Waals surface area contributed by atoms with E-state index in [0.29, 0.717) is 6.20 Å². The maximum Gasteiger partial charge on any atom is 0.413 e. The van der Waals surface area contributed by atoms with Crippen molar-refractivity contribution in [1.82, 2.24) is 0 Å². The van der Waals surface area contributed by atoms with Gasteiger partial charge in [0, 0.05) is 18.7 Å². The molecular formula is C8H10F3NO. The first-order chi connectivity index (χ1) is 5.75. The van der Waals surface area contributed by atoms with Gasteiger partial charge in [0.05, 0.1) is 5.71 Å². The normalized spacial score (nSPS) is 14.6. The third-order valence-electron chi connectivity index (χ3n) is 1.41. The summed E-state index contributed by atoms with van der Waals surface area (Å²) in [6.07, 6.45) is -3.72. The molecule has 0 aromatic heterocycles. The molecule has 0 rings (SSSR count). The molecule has 74 valence electrons. The molecule has 0 atom stereocenters. The van der Waals surface area contributed by atoms with Gasteiger partial charge >= 0.3 is 6.18 Å². The number of carbonyl (C=O) groups is 1. The monoisotopic (exact) mass is 193 g/mol. The molecule has 0 unspecified atom stereocenters. The number of nitrogens with zero attached hydrogens (tertiary/aromatic N) is 1. The molecule has 13 heavy (non-hydrogen) atoms. The first-order valence-corrected chi connectivity index (χ1v) is 3.54. The Morgan fingerprint density at radius 3 is 2.00 bits per heavy atom. The van der Waals surface area contributed by atoms with E-state index in [0.717, 1.165) is 6.92 Å².